The van der Waals surface area contributed by atoms with Gasteiger partial charge in [0.1, 0.15) is 10.8 Å². The number of nitrogens with zero attached hydrogens (tertiary/aromatic N) is 4. The summed E-state index contributed by atoms with van der Waals surface area (Å²) in [6, 6.07) is 24.7. The standard InChI is InChI=1S/C27H20Cl3N5O2/c28-21-9-6-20(23(29)14-21)15-35-16-24(30)26(33-35)31-27(36)25-12-13-34(32-25)17-37-22-10-7-19(8-11-22)18-4-2-1-3-5-18/h1-14,16H,15,17H2,(H,31,33,36). The predicted molar refractivity (Wildman–Crippen MR) is 145 cm³/mol. The summed E-state index contributed by atoms with van der Waals surface area (Å²) in [6.07, 6.45) is 3.27. The van der Waals surface area contributed by atoms with Crippen molar-refractivity contribution in [2.24, 2.45) is 0 Å². The van der Waals surface area contributed by atoms with E-state index >= 15 is 0 Å². The normalized spacial score (nSPS) is 10.9. The van der Waals surface area contributed by atoms with Gasteiger partial charge in [-0.3, -0.25) is 9.48 Å². The van der Waals surface area contributed by atoms with E-state index in [4.69, 9.17) is 39.5 Å². The Labute approximate surface area is 228 Å². The molecule has 186 valence electrons. The Bertz CT molecular complexity index is 1530. The maximum atomic E-state index is 12.7. The molecule has 10 heteroatoms. The summed E-state index contributed by atoms with van der Waals surface area (Å²) in [5.41, 5.74) is 3.25. The number of hydrogen-bond donors (Lipinski definition) is 1. The van der Waals surface area contributed by atoms with Crippen LogP contribution in [0.3, 0.4) is 0 Å². The van der Waals surface area contributed by atoms with Crippen LogP contribution >= 0.6 is 34.8 Å². The smallest absolute Gasteiger partial charge is 0.277 e. The number of amides is 1. The molecule has 0 saturated heterocycles. The second kappa shape index (κ2) is 11.1. The van der Waals surface area contributed by atoms with Crippen molar-refractivity contribution in [1.29, 1.82) is 0 Å². The summed E-state index contributed by atoms with van der Waals surface area (Å²) in [5, 5.41) is 12.7. The van der Waals surface area contributed by atoms with Gasteiger partial charge in [-0.2, -0.15) is 10.2 Å². The third kappa shape index (κ3) is 6.14. The first kappa shape index (κ1) is 24.9. The number of halogens is 3. The van der Waals surface area contributed by atoms with Crippen molar-refractivity contribution in [2.45, 2.75) is 13.3 Å². The molecule has 1 N–H and O–H groups in total. The van der Waals surface area contributed by atoms with Crippen LogP contribution in [0.15, 0.2) is 91.3 Å². The summed E-state index contributed by atoms with van der Waals surface area (Å²) < 4.78 is 8.92. The van der Waals surface area contributed by atoms with E-state index in [1.165, 1.54) is 4.68 Å². The zero-order chi connectivity index (χ0) is 25.8. The van der Waals surface area contributed by atoms with E-state index in [-0.39, 0.29) is 18.2 Å². The number of aromatic nitrogens is 4. The first-order valence-corrected chi connectivity index (χ1v) is 12.4. The molecule has 0 aliphatic heterocycles. The molecule has 0 unspecified atom stereocenters. The Balaban J connectivity index is 1.18. The maximum absolute atomic E-state index is 12.7. The number of benzene rings is 3. The molecule has 5 aromatic rings. The topological polar surface area (TPSA) is 74.0 Å². The van der Waals surface area contributed by atoms with Crippen molar-refractivity contribution in [3.05, 3.63) is 118 Å². The minimum Gasteiger partial charge on any atom is -0.471 e. The molecule has 0 fully saturated rings. The molecule has 3 aromatic carbocycles. The van der Waals surface area contributed by atoms with E-state index in [1.807, 2.05) is 48.5 Å². The third-order valence-corrected chi connectivity index (χ3v) is 6.36. The van der Waals surface area contributed by atoms with Crippen molar-refractivity contribution in [3.63, 3.8) is 0 Å². The molecular weight excluding hydrogens is 533 g/mol. The molecule has 5 rings (SSSR count). The lowest BCUT2D eigenvalue weighted by atomic mass is 10.1. The lowest BCUT2D eigenvalue weighted by molar-refractivity contribution is 0.101. The molecule has 2 aromatic heterocycles. The number of rotatable bonds is 8. The second-order valence-electron chi connectivity index (χ2n) is 8.12. The van der Waals surface area contributed by atoms with Gasteiger partial charge in [0.15, 0.2) is 18.2 Å². The summed E-state index contributed by atoms with van der Waals surface area (Å²) >= 11 is 18.5. The summed E-state index contributed by atoms with van der Waals surface area (Å²) in [4.78, 5) is 12.7. The summed E-state index contributed by atoms with van der Waals surface area (Å²) in [5.74, 6) is 0.475. The molecule has 0 atom stereocenters. The van der Waals surface area contributed by atoms with Gasteiger partial charge >= 0.3 is 0 Å². The van der Waals surface area contributed by atoms with Gasteiger partial charge in [-0.1, -0.05) is 83.3 Å². The maximum Gasteiger partial charge on any atom is 0.277 e. The highest BCUT2D eigenvalue weighted by Crippen LogP contribution is 2.25. The zero-order valence-electron chi connectivity index (χ0n) is 19.3. The van der Waals surface area contributed by atoms with Gasteiger partial charge in [0.05, 0.1) is 6.54 Å². The van der Waals surface area contributed by atoms with Gasteiger partial charge in [0.2, 0.25) is 0 Å². The number of carbonyl (C=O) groups is 1. The van der Waals surface area contributed by atoms with Gasteiger partial charge in [-0.05, 0) is 47.0 Å². The summed E-state index contributed by atoms with van der Waals surface area (Å²) in [6.45, 7) is 0.513. The molecule has 0 aliphatic rings. The van der Waals surface area contributed by atoms with Crippen LogP contribution in [0.25, 0.3) is 11.1 Å². The molecule has 7 nitrogen and oxygen atoms in total. The van der Waals surface area contributed by atoms with Crippen molar-refractivity contribution in [1.82, 2.24) is 19.6 Å². The predicted octanol–water partition coefficient (Wildman–Crippen LogP) is 7.04. The molecule has 0 aliphatic carbocycles. The Morgan fingerprint density at radius 3 is 2.35 bits per heavy atom. The lowest BCUT2D eigenvalue weighted by Crippen LogP contribution is -2.15. The van der Waals surface area contributed by atoms with Gasteiger partial charge in [-0.25, -0.2) is 4.68 Å². The summed E-state index contributed by atoms with van der Waals surface area (Å²) in [7, 11) is 0. The van der Waals surface area contributed by atoms with Crippen molar-refractivity contribution in [2.75, 3.05) is 5.32 Å². The molecule has 37 heavy (non-hydrogen) atoms. The molecule has 0 saturated carbocycles. The van der Waals surface area contributed by atoms with Crippen LogP contribution in [-0.4, -0.2) is 25.5 Å². The zero-order valence-corrected chi connectivity index (χ0v) is 21.6. The van der Waals surface area contributed by atoms with Crippen LogP contribution in [-0.2, 0) is 13.3 Å². The van der Waals surface area contributed by atoms with Gasteiger partial charge in [-0.15, -0.1) is 0 Å². The quantitative estimate of drug-likeness (QED) is 0.224. The van der Waals surface area contributed by atoms with Crippen molar-refractivity contribution >= 4 is 46.5 Å². The number of anilines is 1. The van der Waals surface area contributed by atoms with E-state index in [0.717, 1.165) is 16.7 Å². The average molecular weight is 553 g/mol. The van der Waals surface area contributed by atoms with Crippen LogP contribution in [0, 0.1) is 0 Å². The van der Waals surface area contributed by atoms with Crippen LogP contribution in [0.5, 0.6) is 5.75 Å². The van der Waals surface area contributed by atoms with E-state index < -0.39 is 5.91 Å². The number of carbonyl (C=O) groups excluding carboxylic acids is 1. The van der Waals surface area contributed by atoms with Gasteiger partial charge in [0.25, 0.3) is 5.91 Å². The van der Waals surface area contributed by atoms with Crippen LogP contribution < -0.4 is 10.1 Å². The Kier molecular flexibility index (Phi) is 7.46. The van der Waals surface area contributed by atoms with Crippen LogP contribution in [0.2, 0.25) is 15.1 Å². The molecule has 0 bridgehead atoms. The SMILES string of the molecule is O=C(Nc1nn(Cc2ccc(Cl)cc2Cl)cc1Cl)c1ccn(COc2ccc(-c3ccccc3)cc2)n1. The molecule has 0 spiro atoms. The van der Waals surface area contributed by atoms with Crippen molar-refractivity contribution in [3.8, 4) is 16.9 Å². The fourth-order valence-electron chi connectivity index (χ4n) is 3.63. The van der Waals surface area contributed by atoms with Crippen LogP contribution in [0.4, 0.5) is 5.82 Å². The number of nitrogens with one attached hydrogen (secondary N) is 1. The van der Waals surface area contributed by atoms with Gasteiger partial charge < -0.3 is 10.1 Å². The average Bonchev–Trinajstić information content (AvgIpc) is 3.52. The Morgan fingerprint density at radius 2 is 1.59 bits per heavy atom. The van der Waals surface area contributed by atoms with Crippen LogP contribution in [0.1, 0.15) is 16.1 Å². The monoisotopic (exact) mass is 551 g/mol. The van der Waals surface area contributed by atoms with Crippen molar-refractivity contribution < 1.29 is 9.53 Å². The largest absolute Gasteiger partial charge is 0.471 e. The Hall–Kier alpha value is -3.78. The Morgan fingerprint density at radius 1 is 0.838 bits per heavy atom. The first-order valence-electron chi connectivity index (χ1n) is 11.2. The molecule has 2 heterocycles. The third-order valence-electron chi connectivity index (χ3n) is 5.49. The highest BCUT2D eigenvalue weighted by molar-refractivity contribution is 6.35. The van der Waals surface area contributed by atoms with E-state index in [0.29, 0.717) is 27.4 Å². The fourth-order valence-corrected chi connectivity index (χ4v) is 4.29. The molecule has 1 amide bonds. The number of ether oxygens (including phenoxy) is 1. The van der Waals surface area contributed by atoms with Gasteiger partial charge in [0, 0.05) is 22.4 Å². The van der Waals surface area contributed by atoms with E-state index in [9.17, 15) is 4.79 Å². The highest BCUT2D eigenvalue weighted by atomic mass is 35.5. The minimum atomic E-state index is -0.442. The molecule has 0 radical (unpaired) electrons. The van der Waals surface area contributed by atoms with E-state index in [2.05, 4.69) is 27.6 Å². The fraction of sp³-hybridized carbons (Fsp3) is 0.0741. The number of hydrogen-bond acceptors (Lipinski definition) is 4. The second-order valence-corrected chi connectivity index (χ2v) is 9.37. The van der Waals surface area contributed by atoms with E-state index in [1.54, 1.807) is 35.3 Å². The first-order chi connectivity index (χ1) is 17.9. The molecular formula is C27H20Cl3N5O2. The highest BCUT2D eigenvalue weighted by Gasteiger charge is 2.15. The minimum absolute atomic E-state index is 0.148. The lowest BCUT2D eigenvalue weighted by Gasteiger charge is -2.07.